The van der Waals surface area contributed by atoms with Crippen molar-refractivity contribution in [3.8, 4) is 11.4 Å². The summed E-state index contributed by atoms with van der Waals surface area (Å²) in [6, 6.07) is 7.13. The van der Waals surface area contributed by atoms with Crippen LogP contribution in [-0.4, -0.2) is 41.1 Å². The maximum absolute atomic E-state index is 12.7. The van der Waals surface area contributed by atoms with E-state index in [-0.39, 0.29) is 29.7 Å². The van der Waals surface area contributed by atoms with E-state index in [0.29, 0.717) is 22.4 Å². The van der Waals surface area contributed by atoms with Crippen molar-refractivity contribution in [2.75, 3.05) is 13.1 Å². The van der Waals surface area contributed by atoms with Crippen molar-refractivity contribution in [3.63, 3.8) is 0 Å². The predicted molar refractivity (Wildman–Crippen MR) is 92.2 cm³/mol. The molecule has 0 unspecified atom stereocenters. The Kier molecular flexibility index (Phi) is 4.09. The highest BCUT2D eigenvalue weighted by molar-refractivity contribution is 7.89. The average Bonchev–Trinajstić information content (AvgIpc) is 3.13. The normalized spacial score (nSPS) is 16.0. The summed E-state index contributed by atoms with van der Waals surface area (Å²) in [5, 5.41) is 8.25. The van der Waals surface area contributed by atoms with Gasteiger partial charge >= 0.3 is 0 Å². The molecule has 3 aromatic rings. The molecular formula is C16H15ClN4O4S. The highest BCUT2D eigenvalue weighted by Crippen LogP contribution is 2.34. The molecule has 1 saturated heterocycles. The lowest BCUT2D eigenvalue weighted by molar-refractivity contribution is 0.216. The Labute approximate surface area is 154 Å². The molecule has 0 N–H and O–H groups in total. The fraction of sp³-hybridized carbons (Fsp3) is 0.312. The first-order valence-electron chi connectivity index (χ1n) is 7.89. The maximum atomic E-state index is 12.7. The van der Waals surface area contributed by atoms with Gasteiger partial charge in [0.1, 0.15) is 10.6 Å². The summed E-state index contributed by atoms with van der Waals surface area (Å²) < 4.78 is 37.0. The lowest BCUT2D eigenvalue weighted by Gasteiger charge is -2.35. The average molecular weight is 395 g/mol. The molecule has 0 bridgehead atoms. The van der Waals surface area contributed by atoms with Gasteiger partial charge in [-0.3, -0.25) is 0 Å². The molecule has 0 saturated carbocycles. The molecule has 10 heteroatoms. The van der Waals surface area contributed by atoms with Crippen molar-refractivity contribution < 1.29 is 17.5 Å². The number of hydrogen-bond acceptors (Lipinski definition) is 7. The van der Waals surface area contributed by atoms with Crippen LogP contribution in [0.4, 0.5) is 0 Å². The molecule has 26 heavy (non-hydrogen) atoms. The van der Waals surface area contributed by atoms with Crippen molar-refractivity contribution >= 4 is 21.6 Å². The molecule has 8 nitrogen and oxygen atoms in total. The minimum atomic E-state index is -3.64. The quantitative estimate of drug-likeness (QED) is 0.670. The summed E-state index contributed by atoms with van der Waals surface area (Å²) in [5.41, 5.74) is 1.10. The van der Waals surface area contributed by atoms with Crippen LogP contribution in [0.1, 0.15) is 23.3 Å². The van der Waals surface area contributed by atoms with Crippen LogP contribution in [0.2, 0.25) is 5.02 Å². The zero-order valence-corrected chi connectivity index (χ0v) is 15.6. The zero-order valence-electron chi connectivity index (χ0n) is 14.0. The topological polar surface area (TPSA) is 102 Å². The molecule has 136 valence electrons. The largest absolute Gasteiger partial charge is 0.360 e. The standard InChI is InChI=1S/C16H15ClN4O4S/c1-9-14(10(2)24-19-9)26(22,23)21-7-12(8-21)16-18-15(20-25-16)11-4-3-5-13(17)6-11/h3-6,12H,7-8H2,1-2H3. The Morgan fingerprint density at radius 1 is 1.19 bits per heavy atom. The number of hydrogen-bond donors (Lipinski definition) is 0. The van der Waals surface area contributed by atoms with Gasteiger partial charge in [0.25, 0.3) is 0 Å². The lowest BCUT2D eigenvalue weighted by atomic mass is 10.0. The van der Waals surface area contributed by atoms with Gasteiger partial charge in [-0.1, -0.05) is 34.0 Å². The third-order valence-corrected chi connectivity index (χ3v) is 6.60. The monoisotopic (exact) mass is 394 g/mol. The molecule has 1 fully saturated rings. The van der Waals surface area contributed by atoms with E-state index in [9.17, 15) is 8.42 Å². The molecule has 0 spiro atoms. The van der Waals surface area contributed by atoms with Crippen molar-refractivity contribution in [1.29, 1.82) is 0 Å². The summed E-state index contributed by atoms with van der Waals surface area (Å²) in [7, 11) is -3.64. The second-order valence-electron chi connectivity index (χ2n) is 6.14. The van der Waals surface area contributed by atoms with Gasteiger partial charge in [-0.25, -0.2) is 8.42 Å². The van der Waals surface area contributed by atoms with E-state index in [1.165, 1.54) is 4.31 Å². The van der Waals surface area contributed by atoms with Gasteiger partial charge in [0, 0.05) is 23.7 Å². The van der Waals surface area contributed by atoms with Gasteiger partial charge in [-0.05, 0) is 26.0 Å². The molecule has 2 aromatic heterocycles. The van der Waals surface area contributed by atoms with E-state index >= 15 is 0 Å². The molecule has 3 heterocycles. The second-order valence-corrected chi connectivity index (χ2v) is 8.45. The third-order valence-electron chi connectivity index (χ3n) is 4.29. The van der Waals surface area contributed by atoms with Crippen LogP contribution in [0.5, 0.6) is 0 Å². The SMILES string of the molecule is Cc1noc(C)c1S(=O)(=O)N1CC(c2nc(-c3cccc(Cl)c3)no2)C1. The van der Waals surface area contributed by atoms with Crippen LogP contribution in [0, 0.1) is 13.8 Å². The van der Waals surface area contributed by atoms with Gasteiger partial charge in [0.15, 0.2) is 5.76 Å². The molecule has 1 aromatic carbocycles. The number of nitrogens with zero attached hydrogens (tertiary/aromatic N) is 4. The van der Waals surface area contributed by atoms with Crippen molar-refractivity contribution in [2.24, 2.45) is 0 Å². The van der Waals surface area contributed by atoms with Crippen molar-refractivity contribution in [1.82, 2.24) is 19.6 Å². The van der Waals surface area contributed by atoms with Gasteiger partial charge in [0.2, 0.25) is 21.7 Å². The van der Waals surface area contributed by atoms with E-state index in [2.05, 4.69) is 15.3 Å². The number of sulfonamides is 1. The highest BCUT2D eigenvalue weighted by Gasteiger charge is 2.42. The molecule has 1 aliphatic rings. The summed E-state index contributed by atoms with van der Waals surface area (Å²) in [4.78, 5) is 4.50. The van der Waals surface area contributed by atoms with Crippen LogP contribution in [0.25, 0.3) is 11.4 Å². The summed E-state index contributed by atoms with van der Waals surface area (Å²) in [6.07, 6.45) is 0. The first-order valence-corrected chi connectivity index (χ1v) is 9.70. The molecule has 0 aliphatic carbocycles. The van der Waals surface area contributed by atoms with E-state index in [1.54, 1.807) is 32.0 Å². The van der Waals surface area contributed by atoms with Gasteiger partial charge in [0.05, 0.1) is 5.92 Å². The Morgan fingerprint density at radius 2 is 1.96 bits per heavy atom. The summed E-state index contributed by atoms with van der Waals surface area (Å²) in [6.45, 7) is 3.72. The lowest BCUT2D eigenvalue weighted by Crippen LogP contribution is -2.48. The first kappa shape index (κ1) is 17.2. The number of aromatic nitrogens is 3. The van der Waals surface area contributed by atoms with Gasteiger partial charge in [-0.2, -0.15) is 9.29 Å². The van der Waals surface area contributed by atoms with Crippen LogP contribution < -0.4 is 0 Å². The Balaban J connectivity index is 1.50. The Morgan fingerprint density at radius 3 is 2.62 bits per heavy atom. The fourth-order valence-electron chi connectivity index (χ4n) is 2.91. The number of rotatable bonds is 4. The molecule has 0 atom stereocenters. The minimum Gasteiger partial charge on any atom is -0.360 e. The molecule has 0 amide bonds. The van der Waals surface area contributed by atoms with Crippen molar-refractivity contribution in [3.05, 3.63) is 46.6 Å². The maximum Gasteiger partial charge on any atom is 0.248 e. The minimum absolute atomic E-state index is 0.126. The molecule has 0 radical (unpaired) electrons. The first-order chi connectivity index (χ1) is 12.4. The second kappa shape index (κ2) is 6.19. The van der Waals surface area contributed by atoms with Crippen LogP contribution in [0.15, 0.2) is 38.2 Å². The third kappa shape index (κ3) is 2.81. The fourth-order valence-corrected chi connectivity index (χ4v) is 4.92. The van der Waals surface area contributed by atoms with E-state index in [1.807, 2.05) is 6.07 Å². The predicted octanol–water partition coefficient (Wildman–Crippen LogP) is 2.78. The number of halogens is 1. The molecule has 4 rings (SSSR count). The van der Waals surface area contributed by atoms with Gasteiger partial charge < -0.3 is 9.05 Å². The van der Waals surface area contributed by atoms with Crippen molar-refractivity contribution in [2.45, 2.75) is 24.7 Å². The summed E-state index contributed by atoms with van der Waals surface area (Å²) >= 11 is 5.97. The van der Waals surface area contributed by atoms with Crippen LogP contribution in [0.3, 0.4) is 0 Å². The molecule has 1 aliphatic heterocycles. The van der Waals surface area contributed by atoms with Crippen LogP contribution in [-0.2, 0) is 10.0 Å². The molecular weight excluding hydrogens is 380 g/mol. The Bertz CT molecular complexity index is 1050. The smallest absolute Gasteiger partial charge is 0.248 e. The van der Waals surface area contributed by atoms with E-state index in [0.717, 1.165) is 5.56 Å². The highest BCUT2D eigenvalue weighted by atomic mass is 35.5. The zero-order chi connectivity index (χ0) is 18.5. The number of benzene rings is 1. The van der Waals surface area contributed by atoms with E-state index < -0.39 is 10.0 Å². The van der Waals surface area contributed by atoms with Crippen LogP contribution >= 0.6 is 11.6 Å². The Hall–Kier alpha value is -2.23. The summed E-state index contributed by atoms with van der Waals surface area (Å²) in [5.74, 6) is 0.970. The van der Waals surface area contributed by atoms with E-state index in [4.69, 9.17) is 20.6 Å². The number of aryl methyl sites for hydroxylation is 2. The van der Waals surface area contributed by atoms with Gasteiger partial charge in [-0.15, -0.1) is 0 Å².